The first-order valence-electron chi connectivity index (χ1n) is 7.22. The van der Waals surface area contributed by atoms with Crippen molar-refractivity contribution in [3.63, 3.8) is 0 Å². The summed E-state index contributed by atoms with van der Waals surface area (Å²) >= 11 is 0. The number of aliphatic hydroxyl groups is 1. The first kappa shape index (κ1) is 15.7. The third-order valence-corrected chi connectivity index (χ3v) is 3.67. The third kappa shape index (κ3) is 5.98. The highest BCUT2D eigenvalue weighted by molar-refractivity contribution is 4.80. The molecule has 0 unspecified atom stereocenters. The molecule has 1 fully saturated rings. The quantitative estimate of drug-likeness (QED) is 0.557. The van der Waals surface area contributed by atoms with Gasteiger partial charge in [-0.2, -0.15) is 0 Å². The number of rotatable bonds is 7. The standard InChI is InChI=1S/C15H30N2O/c1-5-6-7-8-14(2)17-11-9-16(10-12-17)13-15(3,4)18/h5,14,18H,1,6-13H2,2-4H3/t14-/m1/s1. The van der Waals surface area contributed by atoms with Gasteiger partial charge in [-0.15, -0.1) is 6.58 Å². The fourth-order valence-corrected chi connectivity index (χ4v) is 2.65. The van der Waals surface area contributed by atoms with Crippen molar-refractivity contribution in [2.45, 2.75) is 51.7 Å². The molecule has 0 aliphatic carbocycles. The normalized spacial score (nSPS) is 20.9. The molecule has 0 amide bonds. The predicted molar refractivity (Wildman–Crippen MR) is 77.8 cm³/mol. The van der Waals surface area contributed by atoms with Crippen LogP contribution in [-0.2, 0) is 0 Å². The van der Waals surface area contributed by atoms with Crippen LogP contribution < -0.4 is 0 Å². The summed E-state index contributed by atoms with van der Waals surface area (Å²) in [7, 11) is 0. The molecule has 1 N–H and O–H groups in total. The van der Waals surface area contributed by atoms with Crippen LogP contribution in [0.4, 0.5) is 0 Å². The summed E-state index contributed by atoms with van der Waals surface area (Å²) in [5, 5.41) is 9.82. The summed E-state index contributed by atoms with van der Waals surface area (Å²) < 4.78 is 0. The second kappa shape index (κ2) is 7.27. The summed E-state index contributed by atoms with van der Waals surface area (Å²) in [6.45, 7) is 15.1. The second-order valence-electron chi connectivity index (χ2n) is 6.19. The van der Waals surface area contributed by atoms with Crippen molar-refractivity contribution in [1.82, 2.24) is 9.80 Å². The van der Waals surface area contributed by atoms with Gasteiger partial charge in [-0.05, 0) is 40.0 Å². The van der Waals surface area contributed by atoms with Crippen LogP contribution in [0.3, 0.4) is 0 Å². The minimum Gasteiger partial charge on any atom is -0.389 e. The molecule has 0 spiro atoms. The summed E-state index contributed by atoms with van der Waals surface area (Å²) in [4.78, 5) is 4.94. The van der Waals surface area contributed by atoms with E-state index in [0.29, 0.717) is 6.04 Å². The van der Waals surface area contributed by atoms with Crippen molar-refractivity contribution in [2.75, 3.05) is 32.7 Å². The number of hydrogen-bond acceptors (Lipinski definition) is 3. The van der Waals surface area contributed by atoms with Gasteiger partial charge in [0.15, 0.2) is 0 Å². The van der Waals surface area contributed by atoms with Crippen molar-refractivity contribution in [2.24, 2.45) is 0 Å². The van der Waals surface area contributed by atoms with E-state index in [4.69, 9.17) is 0 Å². The lowest BCUT2D eigenvalue weighted by molar-refractivity contribution is 0.0115. The SMILES string of the molecule is C=CCCC[C@@H](C)N1CCN(CC(C)(C)O)CC1. The fraction of sp³-hybridized carbons (Fsp3) is 0.867. The number of unbranched alkanes of at least 4 members (excludes halogenated alkanes) is 1. The molecule has 0 bridgehead atoms. The van der Waals surface area contributed by atoms with E-state index in [9.17, 15) is 5.11 Å². The van der Waals surface area contributed by atoms with Gasteiger partial charge in [0.1, 0.15) is 0 Å². The maximum absolute atomic E-state index is 9.82. The van der Waals surface area contributed by atoms with E-state index in [1.807, 2.05) is 19.9 Å². The lowest BCUT2D eigenvalue weighted by Gasteiger charge is -2.40. The summed E-state index contributed by atoms with van der Waals surface area (Å²) in [5.41, 5.74) is -0.572. The molecule has 1 rings (SSSR count). The smallest absolute Gasteiger partial charge is 0.0718 e. The Morgan fingerprint density at radius 2 is 1.89 bits per heavy atom. The molecule has 0 aromatic carbocycles. The molecule has 0 aromatic heterocycles. The van der Waals surface area contributed by atoms with E-state index in [2.05, 4.69) is 23.3 Å². The van der Waals surface area contributed by atoms with E-state index < -0.39 is 5.60 Å². The van der Waals surface area contributed by atoms with Crippen LogP contribution in [0.15, 0.2) is 12.7 Å². The molecule has 0 aromatic rings. The Kier molecular flexibility index (Phi) is 6.33. The van der Waals surface area contributed by atoms with E-state index >= 15 is 0 Å². The van der Waals surface area contributed by atoms with E-state index in [0.717, 1.165) is 39.1 Å². The van der Waals surface area contributed by atoms with E-state index in [1.165, 1.54) is 12.8 Å². The number of hydrogen-bond donors (Lipinski definition) is 1. The van der Waals surface area contributed by atoms with Crippen LogP contribution >= 0.6 is 0 Å². The monoisotopic (exact) mass is 254 g/mol. The average Bonchev–Trinajstić information content (AvgIpc) is 2.28. The van der Waals surface area contributed by atoms with Gasteiger partial charge in [0.05, 0.1) is 5.60 Å². The fourth-order valence-electron chi connectivity index (χ4n) is 2.65. The summed E-state index contributed by atoms with van der Waals surface area (Å²) in [6, 6.07) is 0.675. The predicted octanol–water partition coefficient (Wildman–Crippen LogP) is 2.12. The molecule has 18 heavy (non-hydrogen) atoms. The Balaban J connectivity index is 2.24. The van der Waals surface area contributed by atoms with Crippen molar-refractivity contribution in [3.8, 4) is 0 Å². The van der Waals surface area contributed by atoms with Crippen molar-refractivity contribution in [3.05, 3.63) is 12.7 Å². The van der Waals surface area contributed by atoms with Crippen molar-refractivity contribution >= 4 is 0 Å². The molecular weight excluding hydrogens is 224 g/mol. The molecule has 1 atom stereocenters. The molecule has 1 heterocycles. The number of piperazine rings is 1. The summed E-state index contributed by atoms with van der Waals surface area (Å²) in [6.07, 6.45) is 5.64. The van der Waals surface area contributed by atoms with E-state index in [1.54, 1.807) is 0 Å². The Labute approximate surface area is 112 Å². The zero-order valence-corrected chi connectivity index (χ0v) is 12.4. The zero-order chi connectivity index (χ0) is 13.6. The molecular formula is C15H30N2O. The van der Waals surface area contributed by atoms with Gasteiger partial charge in [-0.25, -0.2) is 0 Å². The van der Waals surface area contributed by atoms with Gasteiger partial charge >= 0.3 is 0 Å². The lowest BCUT2D eigenvalue weighted by Crippen LogP contribution is -2.52. The maximum Gasteiger partial charge on any atom is 0.0718 e. The highest BCUT2D eigenvalue weighted by Gasteiger charge is 2.24. The van der Waals surface area contributed by atoms with Gasteiger partial charge < -0.3 is 5.11 Å². The molecule has 1 aliphatic rings. The van der Waals surface area contributed by atoms with Gasteiger partial charge in [0, 0.05) is 38.8 Å². The third-order valence-electron chi connectivity index (χ3n) is 3.67. The van der Waals surface area contributed by atoms with Crippen LogP contribution in [0.2, 0.25) is 0 Å². The topological polar surface area (TPSA) is 26.7 Å². The number of allylic oxidation sites excluding steroid dienone is 1. The van der Waals surface area contributed by atoms with Crippen LogP contribution in [0.25, 0.3) is 0 Å². The van der Waals surface area contributed by atoms with Gasteiger partial charge in [0.2, 0.25) is 0 Å². The Hall–Kier alpha value is -0.380. The van der Waals surface area contributed by atoms with Gasteiger partial charge in [-0.3, -0.25) is 9.80 Å². The largest absolute Gasteiger partial charge is 0.389 e. The number of nitrogens with zero attached hydrogens (tertiary/aromatic N) is 2. The molecule has 3 nitrogen and oxygen atoms in total. The molecule has 1 aliphatic heterocycles. The maximum atomic E-state index is 9.82. The van der Waals surface area contributed by atoms with Gasteiger partial charge in [-0.1, -0.05) is 6.08 Å². The minimum atomic E-state index is -0.572. The Morgan fingerprint density at radius 3 is 2.39 bits per heavy atom. The van der Waals surface area contributed by atoms with Gasteiger partial charge in [0.25, 0.3) is 0 Å². The zero-order valence-electron chi connectivity index (χ0n) is 12.4. The van der Waals surface area contributed by atoms with Crippen molar-refractivity contribution in [1.29, 1.82) is 0 Å². The molecule has 3 heteroatoms. The van der Waals surface area contributed by atoms with Crippen LogP contribution in [-0.4, -0.2) is 59.3 Å². The highest BCUT2D eigenvalue weighted by Crippen LogP contribution is 2.13. The first-order valence-corrected chi connectivity index (χ1v) is 7.22. The van der Waals surface area contributed by atoms with Crippen LogP contribution in [0, 0.1) is 0 Å². The first-order chi connectivity index (χ1) is 8.42. The number of β-amino-alcohol motifs (C(OH)–C–C–N with tert-alkyl or cyclic N) is 1. The lowest BCUT2D eigenvalue weighted by atomic mass is 10.1. The van der Waals surface area contributed by atoms with Crippen LogP contribution in [0.5, 0.6) is 0 Å². The Morgan fingerprint density at radius 1 is 1.28 bits per heavy atom. The minimum absolute atomic E-state index is 0.572. The van der Waals surface area contributed by atoms with Crippen LogP contribution in [0.1, 0.15) is 40.0 Å². The molecule has 0 radical (unpaired) electrons. The Bertz CT molecular complexity index is 239. The highest BCUT2D eigenvalue weighted by atomic mass is 16.3. The average molecular weight is 254 g/mol. The van der Waals surface area contributed by atoms with Crippen molar-refractivity contribution < 1.29 is 5.11 Å². The molecule has 0 saturated carbocycles. The second-order valence-corrected chi connectivity index (χ2v) is 6.19. The van der Waals surface area contributed by atoms with E-state index in [-0.39, 0.29) is 0 Å². The summed E-state index contributed by atoms with van der Waals surface area (Å²) in [5.74, 6) is 0. The molecule has 1 saturated heterocycles. The molecule has 106 valence electrons.